The van der Waals surface area contributed by atoms with Crippen molar-refractivity contribution in [2.75, 3.05) is 0 Å². The van der Waals surface area contributed by atoms with Crippen LogP contribution >= 0.6 is 0 Å². The Labute approximate surface area is 269 Å². The van der Waals surface area contributed by atoms with E-state index < -0.39 is 0 Å². The molecule has 0 spiro atoms. The van der Waals surface area contributed by atoms with Crippen LogP contribution in [0.15, 0.2) is 0 Å². The van der Waals surface area contributed by atoms with Crippen LogP contribution < -0.4 is 0 Å². The molecule has 42 heavy (non-hydrogen) atoms. The third-order valence-electron chi connectivity index (χ3n) is 4.76. The van der Waals surface area contributed by atoms with Crippen LogP contribution in [0.25, 0.3) is 0 Å². The minimum absolute atomic E-state index is 1.38. The Morgan fingerprint density at radius 1 is 0.119 bits per heavy atom. The maximum Gasteiger partial charge on any atom is 0.128 e. The Hall–Kier alpha value is -0.390. The Morgan fingerprint density at radius 2 is 0.167 bits per heavy atom. The number of hydrogen-bond acceptors (Lipinski definition) is 0. The van der Waals surface area contributed by atoms with E-state index in [4.69, 9.17) is 0 Å². The first-order chi connectivity index (χ1) is 21.0. The monoisotopic (exact) mass is 586 g/mol. The number of hydrogen-bond donors (Lipinski definition) is 0. The second kappa shape index (κ2) is 36.8. The molecule has 0 aromatic carbocycles. The Kier molecular flexibility index (Phi) is 34.7. The van der Waals surface area contributed by atoms with Gasteiger partial charge >= 0.3 is 0 Å². The molecular weight excluding hydrogens is 504 g/mol. The van der Waals surface area contributed by atoms with Gasteiger partial charge in [-0.25, -0.2) is 0 Å². The quantitative estimate of drug-likeness (QED) is 0.248. The van der Waals surface area contributed by atoms with Crippen molar-refractivity contribution < 1.29 is 0 Å². The smallest absolute Gasteiger partial charge is 0.0533 e. The van der Waals surface area contributed by atoms with Gasteiger partial charge in [-0.2, -0.15) is 0 Å². The molecule has 246 valence electrons. The zero-order valence-corrected chi connectivity index (χ0v) is 29.3. The van der Waals surface area contributed by atoms with Gasteiger partial charge in [0.25, 0.3) is 0 Å². The first kappa shape index (κ1) is 39.6. The third kappa shape index (κ3) is 319. The van der Waals surface area contributed by atoms with Gasteiger partial charge in [0.2, 0.25) is 0 Å². The van der Waals surface area contributed by atoms with Crippen molar-refractivity contribution >= 4 is 0 Å². The molecule has 0 aromatic rings. The molecular formula is C42H81+3. The maximum absolute atomic E-state index is 2.25. The van der Waals surface area contributed by atoms with Crippen molar-refractivity contribution in [1.29, 1.82) is 0 Å². The highest BCUT2D eigenvalue weighted by atomic mass is 14.1. The van der Waals surface area contributed by atoms with Crippen molar-refractivity contribution in [1.82, 2.24) is 0 Å². The summed E-state index contributed by atoms with van der Waals surface area (Å²) in [6, 6.07) is 0. The third-order valence-corrected chi connectivity index (χ3v) is 4.76. The molecule has 0 N–H and O–H groups in total. The fourth-order valence-electron chi connectivity index (χ4n) is 0. The van der Waals surface area contributed by atoms with Crippen LogP contribution in [0.3, 0.4) is 0 Å². The molecule has 0 heterocycles. The van der Waals surface area contributed by atoms with Gasteiger partial charge in [-0.3, -0.25) is 0 Å². The standard InChI is InChI=1S/11C3H6.3C3H5/c14*1-2-3-1/h11*1-3H2;3*1H,2-3H2/q;;;;;;;;;;;3*+1. The van der Waals surface area contributed by atoms with Crippen LogP contribution in [-0.4, -0.2) is 0 Å². The van der Waals surface area contributed by atoms with Crippen LogP contribution in [0.1, 0.15) is 250 Å². The zero-order chi connectivity index (χ0) is 29.7. The zero-order valence-electron chi connectivity index (χ0n) is 29.3. The van der Waals surface area contributed by atoms with Gasteiger partial charge in [0, 0.05) is 0 Å². The summed E-state index contributed by atoms with van der Waals surface area (Å²) in [5.74, 6) is 0. The van der Waals surface area contributed by atoms with E-state index in [9.17, 15) is 0 Å². The molecule has 0 aromatic heterocycles. The van der Waals surface area contributed by atoms with E-state index in [1.165, 1.54) is 250 Å². The van der Waals surface area contributed by atoms with Gasteiger partial charge in [-0.1, -0.05) is 212 Å². The van der Waals surface area contributed by atoms with Gasteiger partial charge in [-0.05, 0) is 0 Å². The molecule has 0 nitrogen and oxygen atoms in total. The molecule has 14 saturated carbocycles. The van der Waals surface area contributed by atoms with Crippen LogP contribution in [-0.2, 0) is 0 Å². The second-order valence-corrected chi connectivity index (χ2v) is 14.3. The van der Waals surface area contributed by atoms with Gasteiger partial charge in [0.15, 0.2) is 0 Å². The average Bonchev–Trinajstić information content (AvgIpc) is 4.02. The molecule has 0 radical (unpaired) electrons. The lowest BCUT2D eigenvalue weighted by Gasteiger charge is -1.05. The van der Waals surface area contributed by atoms with Gasteiger partial charge < -0.3 is 0 Å². The Bertz CT molecular complexity index is 226. The normalized spacial score (nSPS) is 23.4. The van der Waals surface area contributed by atoms with Crippen molar-refractivity contribution in [3.8, 4) is 0 Å². The van der Waals surface area contributed by atoms with E-state index in [2.05, 4.69) is 19.3 Å². The first-order valence-corrected chi connectivity index (χ1v) is 20.4. The minimum Gasteiger partial charge on any atom is -0.0533 e. The first-order valence-electron chi connectivity index (χ1n) is 20.4. The Balaban J connectivity index is 0.000000226. The fourth-order valence-corrected chi connectivity index (χ4v) is 0. The SMILES string of the molecule is C1CC1.C1CC1.C1CC1.C1CC1.C1CC1.C1CC1.C1CC1.C1CC1.C1CC1.C1CC1.C1CC1.[CH+]1CC1.[CH+]1CC1.[CH+]1CC1. The summed E-state index contributed by atoms with van der Waals surface area (Å²) in [6.07, 6.45) is 64.5. The molecule has 0 saturated heterocycles. The highest BCUT2D eigenvalue weighted by Crippen LogP contribution is 2.18. The largest absolute Gasteiger partial charge is 0.128 e. The Morgan fingerprint density at radius 3 is 0.167 bits per heavy atom. The molecule has 14 aliphatic rings. The molecule has 14 fully saturated rings. The molecule has 0 aliphatic heterocycles. The van der Waals surface area contributed by atoms with Gasteiger partial charge in [-0.15, -0.1) is 0 Å². The molecule has 0 bridgehead atoms. The van der Waals surface area contributed by atoms with Crippen LogP contribution in [0.4, 0.5) is 0 Å². The van der Waals surface area contributed by atoms with Crippen LogP contribution in [0, 0.1) is 19.3 Å². The summed E-state index contributed by atoms with van der Waals surface area (Å²) in [5, 5.41) is 0. The molecule has 0 heteroatoms. The van der Waals surface area contributed by atoms with Gasteiger partial charge in [0.05, 0.1) is 19.3 Å². The van der Waals surface area contributed by atoms with Crippen molar-refractivity contribution in [2.24, 2.45) is 0 Å². The van der Waals surface area contributed by atoms with E-state index in [-0.39, 0.29) is 0 Å². The molecule has 14 aliphatic carbocycles. The predicted octanol–water partition coefficient (Wildman–Crippen LogP) is 15.8. The molecule has 0 amide bonds. The topological polar surface area (TPSA) is 0 Å². The van der Waals surface area contributed by atoms with E-state index in [1.807, 2.05) is 0 Å². The summed E-state index contributed by atoms with van der Waals surface area (Å²) in [6.45, 7) is 0. The summed E-state index contributed by atoms with van der Waals surface area (Å²) < 4.78 is 0. The molecule has 0 unspecified atom stereocenters. The minimum atomic E-state index is 1.38. The fraction of sp³-hybridized carbons (Fsp3) is 0.929. The summed E-state index contributed by atoms with van der Waals surface area (Å²) in [7, 11) is 0. The maximum atomic E-state index is 2.25. The highest BCUT2D eigenvalue weighted by molar-refractivity contribution is 4.80. The lowest BCUT2D eigenvalue weighted by Crippen LogP contribution is -0.898. The molecule has 14 rings (SSSR count). The predicted molar refractivity (Wildman–Crippen MR) is 193 cm³/mol. The summed E-state index contributed by atoms with van der Waals surface area (Å²) >= 11 is 0. The van der Waals surface area contributed by atoms with E-state index in [1.54, 1.807) is 0 Å². The molecule has 0 atom stereocenters. The highest BCUT2D eigenvalue weighted by Gasteiger charge is 2.12. The van der Waals surface area contributed by atoms with E-state index in [0.29, 0.717) is 0 Å². The lowest BCUT2D eigenvalue weighted by molar-refractivity contribution is 1.50. The average molecular weight is 586 g/mol. The lowest BCUT2D eigenvalue weighted by atomic mass is 11.0. The van der Waals surface area contributed by atoms with E-state index >= 15 is 0 Å². The second-order valence-electron chi connectivity index (χ2n) is 14.3. The van der Waals surface area contributed by atoms with Crippen molar-refractivity contribution in [3.63, 3.8) is 0 Å². The van der Waals surface area contributed by atoms with Crippen LogP contribution in [0.2, 0.25) is 0 Å². The van der Waals surface area contributed by atoms with Gasteiger partial charge in [0.1, 0.15) is 38.5 Å². The van der Waals surface area contributed by atoms with E-state index in [0.717, 1.165) is 0 Å². The van der Waals surface area contributed by atoms with Crippen molar-refractivity contribution in [3.05, 3.63) is 19.3 Å². The van der Waals surface area contributed by atoms with Crippen LogP contribution in [0.5, 0.6) is 0 Å². The summed E-state index contributed by atoms with van der Waals surface area (Å²) in [4.78, 5) is 0. The number of rotatable bonds is 0. The summed E-state index contributed by atoms with van der Waals surface area (Å²) in [5.41, 5.74) is 0. The van der Waals surface area contributed by atoms with Crippen molar-refractivity contribution in [2.45, 2.75) is 250 Å².